The van der Waals surface area contributed by atoms with Crippen LogP contribution < -0.4 is 10.6 Å². The number of unbranched alkanes of at least 4 members (excludes halogenated alkanes) is 5. The molecule has 0 aliphatic rings. The molecule has 0 fully saturated rings. The molecule has 0 aromatic rings. The van der Waals surface area contributed by atoms with Crippen molar-refractivity contribution < 1.29 is 13.3 Å². The summed E-state index contributed by atoms with van der Waals surface area (Å²) in [7, 11) is -2.45. The van der Waals surface area contributed by atoms with Crippen molar-refractivity contribution >= 4 is 8.80 Å². The Bertz CT molecular complexity index is 254. The highest BCUT2D eigenvalue weighted by Crippen LogP contribution is 2.17. The maximum atomic E-state index is 5.87. The summed E-state index contributed by atoms with van der Waals surface area (Å²) in [6.07, 6.45) is 9.19. The normalized spacial score (nSPS) is 12.0. The van der Waals surface area contributed by atoms with Crippen LogP contribution in [0.4, 0.5) is 0 Å². The molecule has 25 heavy (non-hydrogen) atoms. The number of rotatable bonds is 20. The third kappa shape index (κ3) is 14.8. The maximum absolute atomic E-state index is 5.87. The molecule has 0 unspecified atom stereocenters. The van der Waals surface area contributed by atoms with E-state index in [4.69, 9.17) is 13.3 Å². The standard InChI is InChI=1S/C19H44N2O3Si/c1-5-9-10-11-12-13-15-20-17-18-21-16-14-19-25(22-6-2,23-7-3)24-8-4/h20-21H,5-19H2,1-4H3. The van der Waals surface area contributed by atoms with E-state index < -0.39 is 8.80 Å². The first-order valence-corrected chi connectivity index (χ1v) is 12.5. The van der Waals surface area contributed by atoms with Crippen LogP contribution in [0.5, 0.6) is 0 Å². The summed E-state index contributed by atoms with van der Waals surface area (Å²) >= 11 is 0. The summed E-state index contributed by atoms with van der Waals surface area (Å²) in [5.74, 6) is 0. The van der Waals surface area contributed by atoms with E-state index >= 15 is 0 Å². The quantitative estimate of drug-likeness (QED) is 0.249. The van der Waals surface area contributed by atoms with Crippen molar-refractivity contribution in [2.45, 2.75) is 78.7 Å². The van der Waals surface area contributed by atoms with Crippen LogP contribution in [0.1, 0.15) is 72.6 Å². The van der Waals surface area contributed by atoms with Gasteiger partial charge in [-0.25, -0.2) is 0 Å². The Morgan fingerprint density at radius 2 is 1.04 bits per heavy atom. The molecule has 0 saturated heterocycles. The molecule has 5 nitrogen and oxygen atoms in total. The van der Waals surface area contributed by atoms with Crippen molar-refractivity contribution in [3.8, 4) is 0 Å². The highest BCUT2D eigenvalue weighted by Gasteiger charge is 2.39. The number of nitrogens with one attached hydrogen (secondary N) is 2. The van der Waals surface area contributed by atoms with Gasteiger partial charge in [0, 0.05) is 39.0 Å². The number of hydrogen-bond acceptors (Lipinski definition) is 5. The van der Waals surface area contributed by atoms with Crippen molar-refractivity contribution in [1.82, 2.24) is 10.6 Å². The van der Waals surface area contributed by atoms with Crippen LogP contribution >= 0.6 is 0 Å². The molecule has 0 saturated carbocycles. The molecule has 0 heterocycles. The lowest BCUT2D eigenvalue weighted by Gasteiger charge is -2.28. The van der Waals surface area contributed by atoms with Gasteiger partial charge in [0.2, 0.25) is 0 Å². The summed E-state index contributed by atoms with van der Waals surface area (Å²) in [5, 5.41) is 7.01. The Hall–Kier alpha value is 0.0169. The van der Waals surface area contributed by atoms with Gasteiger partial charge >= 0.3 is 8.80 Å². The van der Waals surface area contributed by atoms with Gasteiger partial charge in [-0.15, -0.1) is 0 Å². The van der Waals surface area contributed by atoms with E-state index in [1.165, 1.54) is 38.5 Å². The first kappa shape index (κ1) is 25.0. The van der Waals surface area contributed by atoms with Crippen molar-refractivity contribution in [1.29, 1.82) is 0 Å². The fourth-order valence-corrected chi connectivity index (χ4v) is 5.50. The van der Waals surface area contributed by atoms with Gasteiger partial charge in [-0.2, -0.15) is 0 Å². The molecule has 0 aliphatic heterocycles. The van der Waals surface area contributed by atoms with E-state index in [0.29, 0.717) is 19.8 Å². The van der Waals surface area contributed by atoms with E-state index in [1.54, 1.807) is 0 Å². The van der Waals surface area contributed by atoms with Crippen LogP contribution in [-0.4, -0.2) is 54.8 Å². The van der Waals surface area contributed by atoms with E-state index in [0.717, 1.165) is 38.6 Å². The molecule has 0 amide bonds. The minimum Gasteiger partial charge on any atom is -0.374 e. The van der Waals surface area contributed by atoms with E-state index in [1.807, 2.05) is 20.8 Å². The molecule has 0 rings (SSSR count). The lowest BCUT2D eigenvalue weighted by molar-refractivity contribution is 0.0708. The minimum atomic E-state index is -2.45. The van der Waals surface area contributed by atoms with Gasteiger partial charge in [0.1, 0.15) is 0 Å². The Labute approximate surface area is 157 Å². The predicted molar refractivity (Wildman–Crippen MR) is 109 cm³/mol. The predicted octanol–water partition coefficient (Wildman–Crippen LogP) is 3.96. The minimum absolute atomic E-state index is 0.655. The van der Waals surface area contributed by atoms with Gasteiger partial charge in [0.15, 0.2) is 0 Å². The molecular weight excluding hydrogens is 332 g/mol. The first-order valence-electron chi connectivity index (χ1n) is 10.6. The average molecular weight is 377 g/mol. The molecular formula is C19H44N2O3Si. The third-order valence-electron chi connectivity index (χ3n) is 4.11. The molecule has 0 radical (unpaired) electrons. The Morgan fingerprint density at radius 1 is 0.560 bits per heavy atom. The first-order chi connectivity index (χ1) is 12.2. The summed E-state index contributed by atoms with van der Waals surface area (Å²) in [6, 6.07) is 0.890. The van der Waals surface area contributed by atoms with Crippen LogP contribution in [0, 0.1) is 0 Å². The van der Waals surface area contributed by atoms with Crippen molar-refractivity contribution in [2.75, 3.05) is 46.0 Å². The van der Waals surface area contributed by atoms with Crippen LogP contribution in [0.2, 0.25) is 6.04 Å². The van der Waals surface area contributed by atoms with Gasteiger partial charge in [-0.05, 0) is 46.7 Å². The molecule has 0 bridgehead atoms. The lowest BCUT2D eigenvalue weighted by Crippen LogP contribution is -2.46. The van der Waals surface area contributed by atoms with Crippen molar-refractivity contribution in [3.63, 3.8) is 0 Å². The molecule has 0 spiro atoms. The fourth-order valence-electron chi connectivity index (χ4n) is 2.89. The molecule has 0 atom stereocenters. The van der Waals surface area contributed by atoms with E-state index in [-0.39, 0.29) is 0 Å². The topological polar surface area (TPSA) is 51.8 Å². The second-order valence-corrected chi connectivity index (χ2v) is 9.09. The van der Waals surface area contributed by atoms with Crippen molar-refractivity contribution in [2.24, 2.45) is 0 Å². The van der Waals surface area contributed by atoms with Crippen molar-refractivity contribution in [3.05, 3.63) is 0 Å². The van der Waals surface area contributed by atoms with Gasteiger partial charge in [0.25, 0.3) is 0 Å². The highest BCUT2D eigenvalue weighted by molar-refractivity contribution is 6.60. The second-order valence-electron chi connectivity index (χ2n) is 6.35. The van der Waals surface area contributed by atoms with Crippen LogP contribution in [0.3, 0.4) is 0 Å². The van der Waals surface area contributed by atoms with E-state index in [9.17, 15) is 0 Å². The third-order valence-corrected chi connectivity index (χ3v) is 7.27. The summed E-state index contributed by atoms with van der Waals surface area (Å²) in [5.41, 5.74) is 0. The van der Waals surface area contributed by atoms with Gasteiger partial charge in [-0.1, -0.05) is 39.0 Å². The SMILES string of the molecule is CCCCCCCCNCCNCCC[Si](OCC)(OCC)OCC. The molecule has 0 aromatic carbocycles. The van der Waals surface area contributed by atoms with Gasteiger partial charge in [0.05, 0.1) is 0 Å². The molecule has 0 aliphatic carbocycles. The van der Waals surface area contributed by atoms with Crippen LogP contribution in [0.15, 0.2) is 0 Å². The monoisotopic (exact) mass is 376 g/mol. The fraction of sp³-hybridized carbons (Fsp3) is 1.00. The Balaban J connectivity index is 3.56. The molecule has 0 aromatic heterocycles. The Kier molecular flexibility index (Phi) is 18.8. The van der Waals surface area contributed by atoms with E-state index in [2.05, 4.69) is 17.6 Å². The summed E-state index contributed by atoms with van der Waals surface area (Å²) < 4.78 is 17.6. The van der Waals surface area contributed by atoms with Gasteiger partial charge < -0.3 is 23.9 Å². The average Bonchev–Trinajstić information content (AvgIpc) is 2.60. The van der Waals surface area contributed by atoms with Gasteiger partial charge in [-0.3, -0.25) is 0 Å². The lowest BCUT2D eigenvalue weighted by atomic mass is 10.1. The second kappa shape index (κ2) is 18.8. The zero-order valence-corrected chi connectivity index (χ0v) is 18.3. The summed E-state index contributed by atoms with van der Waals surface area (Å²) in [4.78, 5) is 0. The molecule has 6 heteroatoms. The zero-order valence-electron chi connectivity index (χ0n) is 17.3. The molecule has 2 N–H and O–H groups in total. The van der Waals surface area contributed by atoms with Crippen LogP contribution in [-0.2, 0) is 13.3 Å². The molecule has 152 valence electrons. The smallest absolute Gasteiger partial charge is 0.374 e. The zero-order chi connectivity index (χ0) is 18.6. The van der Waals surface area contributed by atoms with Crippen LogP contribution in [0.25, 0.3) is 0 Å². The highest BCUT2D eigenvalue weighted by atomic mass is 28.4. The largest absolute Gasteiger partial charge is 0.500 e. The summed E-state index contributed by atoms with van der Waals surface area (Å²) in [6.45, 7) is 14.4. The number of hydrogen-bond donors (Lipinski definition) is 2. The Morgan fingerprint density at radius 3 is 1.56 bits per heavy atom. The maximum Gasteiger partial charge on any atom is 0.500 e.